The predicted molar refractivity (Wildman–Crippen MR) is 103 cm³/mol. The lowest BCUT2D eigenvalue weighted by atomic mass is 10.2. The Kier molecular flexibility index (Phi) is 4.75. The molecule has 0 saturated heterocycles. The van der Waals surface area contributed by atoms with Gasteiger partial charge in [0.25, 0.3) is 5.91 Å². The quantitative estimate of drug-likeness (QED) is 0.496. The van der Waals surface area contributed by atoms with Gasteiger partial charge >= 0.3 is 0 Å². The molecule has 0 radical (unpaired) electrons. The fraction of sp³-hybridized carbons (Fsp3) is 0.150. The van der Waals surface area contributed by atoms with Gasteiger partial charge in [-0.2, -0.15) is 4.98 Å². The van der Waals surface area contributed by atoms with Gasteiger partial charge < -0.3 is 18.6 Å². The van der Waals surface area contributed by atoms with Crippen LogP contribution in [0.1, 0.15) is 16.4 Å². The minimum absolute atomic E-state index is 0.129. The molecule has 0 aliphatic heterocycles. The van der Waals surface area contributed by atoms with Gasteiger partial charge in [-0.1, -0.05) is 41.0 Å². The highest BCUT2D eigenvalue weighted by molar-refractivity contribution is 6.33. The summed E-state index contributed by atoms with van der Waals surface area (Å²) in [5.41, 5.74) is 1.19. The van der Waals surface area contributed by atoms with Crippen molar-refractivity contribution in [1.82, 2.24) is 15.0 Å². The van der Waals surface area contributed by atoms with Crippen LogP contribution in [0.2, 0.25) is 5.02 Å². The van der Waals surface area contributed by atoms with Gasteiger partial charge in [0.15, 0.2) is 17.1 Å². The van der Waals surface area contributed by atoms with E-state index in [1.165, 1.54) is 4.90 Å². The van der Waals surface area contributed by atoms with Crippen molar-refractivity contribution in [1.29, 1.82) is 0 Å². The summed E-state index contributed by atoms with van der Waals surface area (Å²) in [5.74, 6) is 1.12. The zero-order valence-electron chi connectivity index (χ0n) is 15.2. The van der Waals surface area contributed by atoms with Crippen molar-refractivity contribution < 1.29 is 18.5 Å². The first-order valence-corrected chi connectivity index (χ1v) is 8.84. The molecule has 0 saturated carbocycles. The van der Waals surface area contributed by atoms with Gasteiger partial charge in [-0.3, -0.25) is 4.79 Å². The highest BCUT2D eigenvalue weighted by atomic mass is 35.5. The first-order valence-electron chi connectivity index (χ1n) is 8.46. The fourth-order valence-corrected chi connectivity index (χ4v) is 3.06. The van der Waals surface area contributed by atoms with Crippen molar-refractivity contribution in [3.63, 3.8) is 0 Å². The Morgan fingerprint density at radius 1 is 1.21 bits per heavy atom. The molecule has 0 aliphatic carbocycles. The summed E-state index contributed by atoms with van der Waals surface area (Å²) in [6.45, 7) is 0.129. The second kappa shape index (κ2) is 7.36. The maximum atomic E-state index is 12.7. The van der Waals surface area contributed by atoms with Gasteiger partial charge in [0.2, 0.25) is 11.7 Å². The number of carbonyl (C=O) groups is 1. The van der Waals surface area contributed by atoms with E-state index in [-0.39, 0.29) is 18.2 Å². The molecule has 28 heavy (non-hydrogen) atoms. The lowest BCUT2D eigenvalue weighted by Gasteiger charge is -2.12. The number of amides is 1. The van der Waals surface area contributed by atoms with Crippen LogP contribution in [0.3, 0.4) is 0 Å². The first kappa shape index (κ1) is 18.1. The number of benzene rings is 2. The predicted octanol–water partition coefficient (Wildman–Crippen LogP) is 4.42. The lowest BCUT2D eigenvalue weighted by Crippen LogP contribution is -2.25. The molecule has 2 aromatic heterocycles. The smallest absolute Gasteiger partial charge is 0.289 e. The number of hydrogen-bond acceptors (Lipinski definition) is 6. The molecule has 0 atom stereocenters. The van der Waals surface area contributed by atoms with E-state index in [1.54, 1.807) is 38.4 Å². The number of nitrogens with zero attached hydrogens (tertiary/aromatic N) is 3. The van der Waals surface area contributed by atoms with Crippen molar-refractivity contribution in [2.24, 2.45) is 0 Å². The third-order valence-corrected chi connectivity index (χ3v) is 4.57. The van der Waals surface area contributed by atoms with Gasteiger partial charge in [-0.15, -0.1) is 0 Å². The number of ether oxygens (including phenoxy) is 1. The van der Waals surface area contributed by atoms with Crippen LogP contribution in [0.5, 0.6) is 5.75 Å². The maximum Gasteiger partial charge on any atom is 0.289 e. The number of halogens is 1. The molecule has 7 nitrogen and oxygen atoms in total. The SMILES string of the molecule is COc1cccc2cc(C(=O)N(C)Cc3nc(-c4ccccc4Cl)no3)oc12. The summed E-state index contributed by atoms with van der Waals surface area (Å²) in [5, 5.41) is 5.25. The Morgan fingerprint density at radius 3 is 2.82 bits per heavy atom. The molecule has 142 valence electrons. The van der Waals surface area contributed by atoms with E-state index in [0.29, 0.717) is 33.6 Å². The molecule has 8 heteroatoms. The van der Waals surface area contributed by atoms with E-state index in [2.05, 4.69) is 10.1 Å². The molecule has 4 rings (SSSR count). The number of rotatable bonds is 5. The minimum atomic E-state index is -0.309. The van der Waals surface area contributed by atoms with Crippen molar-refractivity contribution >= 4 is 28.5 Å². The fourth-order valence-electron chi connectivity index (χ4n) is 2.84. The van der Waals surface area contributed by atoms with Crippen molar-refractivity contribution in [3.8, 4) is 17.1 Å². The molecular formula is C20H16ClN3O4. The van der Waals surface area contributed by atoms with Crippen LogP contribution in [0.25, 0.3) is 22.4 Å². The minimum Gasteiger partial charge on any atom is -0.493 e. The van der Waals surface area contributed by atoms with Gasteiger partial charge in [-0.25, -0.2) is 0 Å². The summed E-state index contributed by atoms with van der Waals surface area (Å²) in [7, 11) is 3.18. The van der Waals surface area contributed by atoms with Crippen LogP contribution in [0.15, 0.2) is 57.5 Å². The Hall–Kier alpha value is -3.32. The maximum absolute atomic E-state index is 12.7. The normalized spacial score (nSPS) is 11.0. The highest BCUT2D eigenvalue weighted by Gasteiger charge is 2.21. The molecule has 0 bridgehead atoms. The molecule has 0 fully saturated rings. The Labute approximate surface area is 165 Å². The monoisotopic (exact) mass is 397 g/mol. The third-order valence-electron chi connectivity index (χ3n) is 4.24. The molecule has 1 amide bonds. The van der Waals surface area contributed by atoms with Crippen LogP contribution >= 0.6 is 11.6 Å². The van der Waals surface area contributed by atoms with E-state index in [0.717, 1.165) is 5.39 Å². The second-order valence-corrected chi connectivity index (χ2v) is 6.55. The lowest BCUT2D eigenvalue weighted by molar-refractivity contribution is 0.0740. The molecule has 0 spiro atoms. The van der Waals surface area contributed by atoms with Gasteiger partial charge in [0.05, 0.1) is 12.1 Å². The number of hydrogen-bond donors (Lipinski definition) is 0. The van der Waals surface area contributed by atoms with Crippen LogP contribution in [0, 0.1) is 0 Å². The van der Waals surface area contributed by atoms with E-state index in [1.807, 2.05) is 24.3 Å². The van der Waals surface area contributed by atoms with Gasteiger partial charge in [0.1, 0.15) is 6.54 Å². The summed E-state index contributed by atoms with van der Waals surface area (Å²) >= 11 is 6.16. The summed E-state index contributed by atoms with van der Waals surface area (Å²) < 4.78 is 16.2. The van der Waals surface area contributed by atoms with E-state index in [4.69, 9.17) is 25.3 Å². The highest BCUT2D eigenvalue weighted by Crippen LogP contribution is 2.29. The average Bonchev–Trinajstić information content (AvgIpc) is 3.34. The molecule has 0 N–H and O–H groups in total. The number of para-hydroxylation sites is 1. The van der Waals surface area contributed by atoms with Crippen LogP contribution in [-0.2, 0) is 6.54 Å². The summed E-state index contributed by atoms with van der Waals surface area (Å²) in [6, 6.07) is 14.4. The Bertz CT molecular complexity index is 1150. The molecule has 0 unspecified atom stereocenters. The zero-order chi connectivity index (χ0) is 19.7. The van der Waals surface area contributed by atoms with Crippen molar-refractivity contribution in [2.75, 3.05) is 14.2 Å². The van der Waals surface area contributed by atoms with Gasteiger partial charge in [0, 0.05) is 18.0 Å². The standard InChI is InChI=1S/C20H16ClN3O4/c1-24(11-17-22-19(23-28-17)13-7-3-4-8-14(13)21)20(25)16-10-12-6-5-9-15(26-2)18(12)27-16/h3-10H,11H2,1-2H3. The molecular weight excluding hydrogens is 382 g/mol. The van der Waals surface area contributed by atoms with Crippen molar-refractivity contribution in [3.05, 3.63) is 65.2 Å². The summed E-state index contributed by atoms with van der Waals surface area (Å²) in [4.78, 5) is 18.5. The summed E-state index contributed by atoms with van der Waals surface area (Å²) in [6.07, 6.45) is 0. The number of carbonyl (C=O) groups excluding carboxylic acids is 1. The topological polar surface area (TPSA) is 81.6 Å². The molecule has 4 aromatic rings. The Morgan fingerprint density at radius 2 is 2.04 bits per heavy atom. The van der Waals surface area contributed by atoms with Crippen LogP contribution < -0.4 is 4.74 Å². The zero-order valence-corrected chi connectivity index (χ0v) is 15.9. The number of methoxy groups -OCH3 is 1. The van der Waals surface area contributed by atoms with Crippen LogP contribution in [0.4, 0.5) is 0 Å². The number of furan rings is 1. The first-order chi connectivity index (χ1) is 13.6. The number of fused-ring (bicyclic) bond motifs is 1. The second-order valence-electron chi connectivity index (χ2n) is 6.14. The van der Waals surface area contributed by atoms with Gasteiger partial charge in [-0.05, 0) is 24.3 Å². The largest absolute Gasteiger partial charge is 0.493 e. The van der Waals surface area contributed by atoms with Crippen molar-refractivity contribution in [2.45, 2.75) is 6.54 Å². The van der Waals surface area contributed by atoms with E-state index >= 15 is 0 Å². The molecule has 0 aliphatic rings. The average molecular weight is 398 g/mol. The molecule has 2 heterocycles. The van der Waals surface area contributed by atoms with E-state index < -0.39 is 0 Å². The Balaban J connectivity index is 1.53. The van der Waals surface area contributed by atoms with E-state index in [9.17, 15) is 4.79 Å². The van der Waals surface area contributed by atoms with Crippen LogP contribution in [-0.4, -0.2) is 35.1 Å². The molecule has 2 aromatic carbocycles. The number of aromatic nitrogens is 2. The third kappa shape index (κ3) is 3.32.